The minimum Gasteiger partial charge on any atom is -0.495 e. The van der Waals surface area contributed by atoms with Crippen LogP contribution < -0.4 is 19.5 Å². The van der Waals surface area contributed by atoms with E-state index in [4.69, 9.17) is 14.0 Å². The van der Waals surface area contributed by atoms with E-state index in [1.165, 1.54) is 42.3 Å². The molecule has 2 heterocycles. The fourth-order valence-electron chi connectivity index (χ4n) is 3.88. The molecule has 2 N–H and O–H groups in total. The van der Waals surface area contributed by atoms with Crippen molar-refractivity contribution in [1.82, 2.24) is 20.3 Å². The summed E-state index contributed by atoms with van der Waals surface area (Å²) in [6.45, 7) is 0.540. The van der Waals surface area contributed by atoms with E-state index >= 15 is 0 Å². The van der Waals surface area contributed by atoms with Crippen LogP contribution in [0, 0.1) is 11.8 Å². The first kappa shape index (κ1) is 28.4. The van der Waals surface area contributed by atoms with E-state index in [1.807, 2.05) is 6.92 Å². The number of hydrogen-bond donors (Lipinski definition) is 2. The lowest BCUT2D eigenvalue weighted by molar-refractivity contribution is -0.115. The molecule has 0 aliphatic carbocycles. The number of carbonyl (C=O) groups is 1. The number of aryl methyl sites for hydroxylation is 1. The molecule has 0 fully saturated rings. The Morgan fingerprint density at radius 2 is 1.98 bits per heavy atom. The molecule has 2 aromatic carbocycles. The van der Waals surface area contributed by atoms with Gasteiger partial charge < -0.3 is 19.3 Å². The Bertz CT molecular complexity index is 1710. The molecule has 14 heteroatoms. The highest BCUT2D eigenvalue weighted by Gasteiger charge is 2.26. The number of nitrogens with zero attached hydrogens (tertiary/aromatic N) is 3. The maximum absolute atomic E-state index is 13.3. The van der Waals surface area contributed by atoms with Crippen LogP contribution in [0.25, 0.3) is 11.0 Å². The van der Waals surface area contributed by atoms with Gasteiger partial charge in [-0.15, -0.1) is 0 Å². The largest absolute Gasteiger partial charge is 0.495 e. The lowest BCUT2D eigenvalue weighted by atomic mass is 10.1. The number of ether oxygens (including phenoxy) is 2. The number of aromatic nitrogens is 3. The summed E-state index contributed by atoms with van der Waals surface area (Å²) in [5.41, 5.74) is 1.91. The molecule has 4 rings (SSSR count). The molecule has 0 unspecified atom stereocenters. The van der Waals surface area contributed by atoms with Gasteiger partial charge in [-0.2, -0.15) is 13.9 Å². The summed E-state index contributed by atoms with van der Waals surface area (Å²) >= 11 is 0. The molecule has 11 nitrogen and oxygen atoms in total. The van der Waals surface area contributed by atoms with Crippen LogP contribution >= 0.6 is 0 Å². The second-order valence-corrected chi connectivity index (χ2v) is 10.1. The summed E-state index contributed by atoms with van der Waals surface area (Å²) in [6, 6.07) is 7.55. The van der Waals surface area contributed by atoms with Crippen molar-refractivity contribution in [3.8, 4) is 23.3 Å². The summed E-state index contributed by atoms with van der Waals surface area (Å²) in [7, 11) is -2.92. The van der Waals surface area contributed by atoms with Crippen molar-refractivity contribution in [2.45, 2.75) is 44.9 Å². The molecule has 0 saturated heterocycles. The van der Waals surface area contributed by atoms with Gasteiger partial charge in [0.05, 0.1) is 19.9 Å². The van der Waals surface area contributed by atoms with Gasteiger partial charge in [0, 0.05) is 18.3 Å². The quantitative estimate of drug-likeness (QED) is 0.259. The minimum absolute atomic E-state index is 0.0120. The normalized spacial score (nSPS) is 11.2. The molecule has 40 heavy (non-hydrogen) atoms. The van der Waals surface area contributed by atoms with Crippen molar-refractivity contribution in [3.05, 3.63) is 59.4 Å². The second kappa shape index (κ2) is 12.0. The maximum atomic E-state index is 13.3. The highest BCUT2D eigenvalue weighted by atomic mass is 32.2. The zero-order valence-corrected chi connectivity index (χ0v) is 22.5. The third-order valence-electron chi connectivity index (χ3n) is 5.69. The smallest absolute Gasteiger partial charge is 0.387 e. The first-order valence-corrected chi connectivity index (χ1v) is 13.4. The Morgan fingerprint density at radius 1 is 1.18 bits per heavy atom. The number of halogens is 2. The Labute approximate surface area is 228 Å². The van der Waals surface area contributed by atoms with E-state index in [9.17, 15) is 22.0 Å². The number of anilines is 1. The highest BCUT2D eigenvalue weighted by molar-refractivity contribution is 7.92. The number of fused-ring (bicyclic) bond motifs is 1. The van der Waals surface area contributed by atoms with E-state index < -0.39 is 22.5 Å². The van der Waals surface area contributed by atoms with Crippen LogP contribution in [0.15, 0.2) is 52.1 Å². The number of carbonyl (C=O) groups excluding carboxylic acids is 1. The first-order chi connectivity index (χ1) is 19.1. The van der Waals surface area contributed by atoms with Gasteiger partial charge in [0.1, 0.15) is 21.8 Å². The van der Waals surface area contributed by atoms with Gasteiger partial charge in [-0.1, -0.05) is 24.1 Å². The molecule has 210 valence electrons. The summed E-state index contributed by atoms with van der Waals surface area (Å²) in [4.78, 5) is 11.4. The van der Waals surface area contributed by atoms with Crippen LogP contribution in [-0.4, -0.2) is 43.0 Å². The van der Waals surface area contributed by atoms with E-state index in [0.29, 0.717) is 17.5 Å². The first-order valence-electron chi connectivity index (χ1n) is 11.9. The monoisotopic (exact) mass is 573 g/mol. The second-order valence-electron chi connectivity index (χ2n) is 8.42. The molecule has 0 radical (unpaired) electrons. The highest BCUT2D eigenvalue weighted by Crippen LogP contribution is 2.37. The van der Waals surface area contributed by atoms with Crippen molar-refractivity contribution in [2.24, 2.45) is 0 Å². The van der Waals surface area contributed by atoms with Gasteiger partial charge in [0.15, 0.2) is 11.4 Å². The van der Waals surface area contributed by atoms with Gasteiger partial charge in [0.2, 0.25) is 0 Å². The number of alkyl halides is 2. The lowest BCUT2D eigenvalue weighted by Gasteiger charge is -2.13. The Hall–Kier alpha value is -4.64. The van der Waals surface area contributed by atoms with E-state index in [-0.39, 0.29) is 46.3 Å². The summed E-state index contributed by atoms with van der Waals surface area (Å²) < 4.78 is 72.3. The maximum Gasteiger partial charge on any atom is 0.387 e. The number of sulfonamides is 1. The Kier molecular flexibility index (Phi) is 8.54. The molecule has 0 atom stereocenters. The van der Waals surface area contributed by atoms with Crippen molar-refractivity contribution < 1.29 is 36.0 Å². The van der Waals surface area contributed by atoms with E-state index in [0.717, 1.165) is 5.56 Å². The van der Waals surface area contributed by atoms with E-state index in [2.05, 4.69) is 32.1 Å². The van der Waals surface area contributed by atoms with Gasteiger partial charge in [0.25, 0.3) is 15.9 Å². The molecule has 0 bridgehead atoms. The minimum atomic E-state index is -4.26. The van der Waals surface area contributed by atoms with Gasteiger partial charge in [-0.25, -0.2) is 8.42 Å². The summed E-state index contributed by atoms with van der Waals surface area (Å²) in [5.74, 6) is 3.88. The number of nitrogens with one attached hydrogen (secondary N) is 2. The third kappa shape index (κ3) is 6.49. The Balaban J connectivity index is 1.64. The molecule has 1 amide bonds. The molecule has 0 spiro atoms. The number of methoxy groups -OCH3 is 1. The molecule has 4 aromatic rings. The lowest BCUT2D eigenvalue weighted by Crippen LogP contribution is -2.20. The predicted molar refractivity (Wildman–Crippen MR) is 140 cm³/mol. The molecule has 0 aliphatic rings. The standard InChI is InChI=1S/C26H25F2N5O6S/c1-4-6-23(34)29-12-18-13-30-33(15-18)14-17-9-20(38-26(27)28)24-21(10-17)39-31-25(24)32-40(35,36)22-11-16(5-2)7-8-19(22)37-3/h7-11,13,15,26H,5,12,14H2,1-3H3,(H,29,34)(H,31,32). The fraction of sp³-hybridized carbons (Fsp3) is 0.269. The predicted octanol–water partition coefficient (Wildman–Crippen LogP) is 3.69. The average molecular weight is 574 g/mol. The van der Waals surface area contributed by atoms with Gasteiger partial charge in [-0.05, 0) is 54.7 Å². The van der Waals surface area contributed by atoms with Crippen LogP contribution in [0.4, 0.5) is 14.6 Å². The van der Waals surface area contributed by atoms with Crippen molar-refractivity contribution in [1.29, 1.82) is 0 Å². The van der Waals surface area contributed by atoms with Crippen LogP contribution in [0.3, 0.4) is 0 Å². The molecule has 0 saturated carbocycles. The molecule has 2 aromatic heterocycles. The number of benzene rings is 2. The third-order valence-corrected chi connectivity index (χ3v) is 7.05. The fourth-order valence-corrected chi connectivity index (χ4v) is 5.11. The number of amides is 1. The average Bonchev–Trinajstić information content (AvgIpc) is 3.53. The van der Waals surface area contributed by atoms with Crippen molar-refractivity contribution >= 4 is 32.7 Å². The molecular weight excluding hydrogens is 548 g/mol. The van der Waals surface area contributed by atoms with Crippen LogP contribution in [0.1, 0.15) is 30.5 Å². The Morgan fingerprint density at radius 3 is 2.67 bits per heavy atom. The zero-order chi connectivity index (χ0) is 28.9. The van der Waals surface area contributed by atoms with Crippen LogP contribution in [-0.2, 0) is 34.3 Å². The van der Waals surface area contributed by atoms with Crippen molar-refractivity contribution in [2.75, 3.05) is 11.8 Å². The number of rotatable bonds is 11. The van der Waals surface area contributed by atoms with Crippen molar-refractivity contribution in [3.63, 3.8) is 0 Å². The summed E-state index contributed by atoms with van der Waals surface area (Å²) in [5, 5.41) is 10.5. The molecular formula is C26H25F2N5O6S. The van der Waals surface area contributed by atoms with Gasteiger partial charge in [-0.3, -0.25) is 14.2 Å². The number of hydrogen-bond acceptors (Lipinski definition) is 8. The zero-order valence-electron chi connectivity index (χ0n) is 21.7. The molecule has 0 aliphatic heterocycles. The van der Waals surface area contributed by atoms with E-state index in [1.54, 1.807) is 19.2 Å². The summed E-state index contributed by atoms with van der Waals surface area (Å²) in [6.07, 6.45) is 3.78. The SMILES string of the molecule is CC#CC(=O)NCc1cnn(Cc2cc(OC(F)F)c3c(NS(=O)(=O)c4cc(CC)ccc4OC)noc3c2)c1. The van der Waals surface area contributed by atoms with Gasteiger partial charge >= 0.3 is 6.61 Å². The topological polar surface area (TPSA) is 138 Å². The van der Waals surface area contributed by atoms with Crippen LogP contribution in [0.5, 0.6) is 11.5 Å². The van der Waals surface area contributed by atoms with Crippen LogP contribution in [0.2, 0.25) is 0 Å².